The van der Waals surface area contributed by atoms with Crippen LogP contribution in [0.1, 0.15) is 44.9 Å². The number of halogens is 1. The second kappa shape index (κ2) is 11.5. The molecular weight excluding hydrogens is 499 g/mol. The third-order valence-corrected chi connectivity index (χ3v) is 5.93. The molecule has 3 aliphatic heterocycles. The van der Waals surface area contributed by atoms with Crippen LogP contribution in [-0.2, 0) is 29.0 Å². The van der Waals surface area contributed by atoms with Crippen LogP contribution in [0.25, 0.3) is 0 Å². The number of guanidine groups is 1. The number of aryl methyl sites for hydroxylation is 2. The summed E-state index contributed by atoms with van der Waals surface area (Å²) in [6.45, 7) is 8.19. The molecule has 0 aliphatic carbocycles. The van der Waals surface area contributed by atoms with Crippen LogP contribution in [0.3, 0.4) is 0 Å². The average molecular weight is 534 g/mol. The van der Waals surface area contributed by atoms with Crippen molar-refractivity contribution in [3.8, 4) is 0 Å². The highest BCUT2D eigenvalue weighted by molar-refractivity contribution is 14.0. The second-order valence-corrected chi connectivity index (χ2v) is 8.03. The topological polar surface area (TPSA) is 85.9 Å². The van der Waals surface area contributed by atoms with Gasteiger partial charge in [-0.1, -0.05) is 0 Å². The van der Waals surface area contributed by atoms with Crippen LogP contribution in [0.4, 0.5) is 0 Å². The minimum atomic E-state index is 0. The molecule has 4 rings (SSSR count). The standard InChI is InChI=1S/C20H34N6O3.HI/c1-2-21-19(24-12-14-29-17(15-24)16-7-5-13-28-16)22-9-6-11-26-20(27)25-10-4-3-8-18(25)23-26;/h16-17H,2-15H2,1H3,(H,21,22);1H. The van der Waals surface area contributed by atoms with Crippen LogP contribution in [0, 0.1) is 0 Å². The SMILES string of the molecule is CCNC(=NCCCn1nc2n(c1=O)CCCC2)N1CCOC(C2CCCO2)C1.I. The smallest absolute Gasteiger partial charge is 0.345 e. The third kappa shape index (κ3) is 5.56. The number of morpholine rings is 1. The van der Waals surface area contributed by atoms with E-state index in [0.717, 1.165) is 83.1 Å². The van der Waals surface area contributed by atoms with E-state index in [1.807, 2.05) is 4.57 Å². The van der Waals surface area contributed by atoms with Crippen molar-refractivity contribution in [1.82, 2.24) is 24.6 Å². The molecule has 2 fully saturated rings. The summed E-state index contributed by atoms with van der Waals surface area (Å²) >= 11 is 0. The van der Waals surface area contributed by atoms with Gasteiger partial charge in [-0.05, 0) is 39.0 Å². The van der Waals surface area contributed by atoms with Crippen molar-refractivity contribution in [3.05, 3.63) is 16.3 Å². The molecular formula is C20H35IN6O3. The minimum absolute atomic E-state index is 0. The molecule has 0 amide bonds. The van der Waals surface area contributed by atoms with Gasteiger partial charge in [0.1, 0.15) is 11.9 Å². The van der Waals surface area contributed by atoms with E-state index in [1.165, 1.54) is 0 Å². The number of nitrogens with zero attached hydrogens (tertiary/aromatic N) is 5. The summed E-state index contributed by atoms with van der Waals surface area (Å²) in [5.41, 5.74) is 0.0307. The Hall–Kier alpha value is -1.14. The molecule has 170 valence electrons. The predicted molar refractivity (Wildman–Crippen MR) is 126 cm³/mol. The molecule has 2 atom stereocenters. The van der Waals surface area contributed by atoms with Crippen molar-refractivity contribution in [3.63, 3.8) is 0 Å². The zero-order valence-electron chi connectivity index (χ0n) is 17.9. The molecule has 0 bridgehead atoms. The highest BCUT2D eigenvalue weighted by atomic mass is 127. The molecule has 1 N–H and O–H groups in total. The highest BCUT2D eigenvalue weighted by Crippen LogP contribution is 2.21. The first kappa shape index (κ1) is 23.5. The van der Waals surface area contributed by atoms with Crippen molar-refractivity contribution in [2.45, 2.75) is 70.7 Å². The largest absolute Gasteiger partial charge is 0.375 e. The Labute approximate surface area is 195 Å². The summed E-state index contributed by atoms with van der Waals surface area (Å²) in [4.78, 5) is 19.5. The summed E-state index contributed by atoms with van der Waals surface area (Å²) in [5.74, 6) is 1.86. The molecule has 3 aliphatic rings. The van der Waals surface area contributed by atoms with E-state index in [4.69, 9.17) is 14.5 Å². The quantitative estimate of drug-likeness (QED) is 0.256. The van der Waals surface area contributed by atoms with Crippen molar-refractivity contribution in [2.24, 2.45) is 4.99 Å². The molecule has 10 heteroatoms. The maximum Gasteiger partial charge on any atom is 0.345 e. The number of nitrogens with one attached hydrogen (secondary N) is 1. The van der Waals surface area contributed by atoms with Crippen LogP contribution < -0.4 is 11.0 Å². The van der Waals surface area contributed by atoms with Crippen LogP contribution in [0.5, 0.6) is 0 Å². The molecule has 1 aromatic heterocycles. The fourth-order valence-corrected chi connectivity index (χ4v) is 4.41. The van der Waals surface area contributed by atoms with E-state index in [0.29, 0.717) is 19.7 Å². The fraction of sp³-hybridized carbons (Fsp3) is 0.850. The van der Waals surface area contributed by atoms with Gasteiger partial charge in [0.2, 0.25) is 0 Å². The zero-order valence-corrected chi connectivity index (χ0v) is 20.3. The lowest BCUT2D eigenvalue weighted by Gasteiger charge is -2.37. The second-order valence-electron chi connectivity index (χ2n) is 8.03. The first-order valence-corrected chi connectivity index (χ1v) is 11.2. The first-order valence-electron chi connectivity index (χ1n) is 11.2. The average Bonchev–Trinajstić information content (AvgIpc) is 3.40. The molecule has 0 saturated carbocycles. The molecule has 4 heterocycles. The van der Waals surface area contributed by atoms with Crippen molar-refractivity contribution < 1.29 is 9.47 Å². The monoisotopic (exact) mass is 534 g/mol. The lowest BCUT2D eigenvalue weighted by Crippen LogP contribution is -2.53. The number of hydrogen-bond acceptors (Lipinski definition) is 5. The molecule has 0 spiro atoms. The number of hydrogen-bond donors (Lipinski definition) is 1. The molecule has 0 aromatic carbocycles. The van der Waals surface area contributed by atoms with E-state index < -0.39 is 0 Å². The normalized spacial score (nSPS) is 24.4. The van der Waals surface area contributed by atoms with Gasteiger partial charge in [0.15, 0.2) is 5.96 Å². The van der Waals surface area contributed by atoms with E-state index in [9.17, 15) is 4.79 Å². The Bertz CT molecular complexity index is 758. The van der Waals surface area contributed by atoms with E-state index >= 15 is 0 Å². The van der Waals surface area contributed by atoms with Crippen molar-refractivity contribution in [2.75, 3.05) is 39.4 Å². The lowest BCUT2D eigenvalue weighted by molar-refractivity contribution is -0.0817. The van der Waals surface area contributed by atoms with Gasteiger partial charge in [-0.2, -0.15) is 5.10 Å². The van der Waals surface area contributed by atoms with Gasteiger partial charge in [-0.3, -0.25) is 9.56 Å². The summed E-state index contributed by atoms with van der Waals surface area (Å²) in [6.07, 6.45) is 6.43. The van der Waals surface area contributed by atoms with E-state index in [2.05, 4.69) is 22.2 Å². The molecule has 2 unspecified atom stereocenters. The predicted octanol–water partition coefficient (Wildman–Crippen LogP) is 1.23. The van der Waals surface area contributed by atoms with Gasteiger partial charge in [0.05, 0.1) is 12.7 Å². The number of aliphatic imine (C=N–C) groups is 1. The number of rotatable bonds is 6. The Morgan fingerprint density at radius 1 is 1.20 bits per heavy atom. The highest BCUT2D eigenvalue weighted by Gasteiger charge is 2.32. The maximum absolute atomic E-state index is 12.4. The number of ether oxygens (including phenoxy) is 2. The molecule has 9 nitrogen and oxygen atoms in total. The van der Waals surface area contributed by atoms with Gasteiger partial charge in [0.25, 0.3) is 0 Å². The van der Waals surface area contributed by atoms with E-state index in [1.54, 1.807) is 4.68 Å². The van der Waals surface area contributed by atoms with Crippen molar-refractivity contribution in [1.29, 1.82) is 0 Å². The van der Waals surface area contributed by atoms with Crippen molar-refractivity contribution >= 4 is 29.9 Å². The molecule has 2 saturated heterocycles. The van der Waals surface area contributed by atoms with Crippen LogP contribution in [0.2, 0.25) is 0 Å². The summed E-state index contributed by atoms with van der Waals surface area (Å²) in [7, 11) is 0. The Morgan fingerprint density at radius 3 is 2.83 bits per heavy atom. The Kier molecular flexibility index (Phi) is 8.99. The summed E-state index contributed by atoms with van der Waals surface area (Å²) in [6, 6.07) is 0. The van der Waals surface area contributed by atoms with Gasteiger partial charge in [-0.15, -0.1) is 24.0 Å². The van der Waals surface area contributed by atoms with Crippen LogP contribution in [0.15, 0.2) is 9.79 Å². The Balaban J connectivity index is 0.00000256. The van der Waals surface area contributed by atoms with Gasteiger partial charge in [0, 0.05) is 52.3 Å². The summed E-state index contributed by atoms with van der Waals surface area (Å²) in [5, 5.41) is 7.91. The van der Waals surface area contributed by atoms with Gasteiger partial charge >= 0.3 is 5.69 Å². The first-order chi connectivity index (χ1) is 14.3. The number of fused-ring (bicyclic) bond motifs is 1. The minimum Gasteiger partial charge on any atom is -0.375 e. The number of aromatic nitrogens is 3. The zero-order chi connectivity index (χ0) is 20.1. The van der Waals surface area contributed by atoms with Crippen LogP contribution >= 0.6 is 24.0 Å². The summed E-state index contributed by atoms with van der Waals surface area (Å²) < 4.78 is 15.2. The maximum atomic E-state index is 12.4. The third-order valence-electron chi connectivity index (χ3n) is 5.93. The fourth-order valence-electron chi connectivity index (χ4n) is 4.41. The Morgan fingerprint density at radius 2 is 2.07 bits per heavy atom. The van der Waals surface area contributed by atoms with Gasteiger partial charge in [-0.25, -0.2) is 9.48 Å². The van der Waals surface area contributed by atoms with E-state index in [-0.39, 0.29) is 41.9 Å². The van der Waals surface area contributed by atoms with Crippen LogP contribution in [-0.4, -0.2) is 76.8 Å². The lowest BCUT2D eigenvalue weighted by atomic mass is 10.1. The molecule has 30 heavy (non-hydrogen) atoms. The van der Waals surface area contributed by atoms with Gasteiger partial charge < -0.3 is 19.7 Å². The molecule has 0 radical (unpaired) electrons. The molecule has 1 aromatic rings.